The number of aromatic amines is 1. The lowest BCUT2D eigenvalue weighted by Gasteiger charge is -2.07. The molecule has 0 radical (unpaired) electrons. The lowest BCUT2D eigenvalue weighted by Crippen LogP contribution is -2.33. The van der Waals surface area contributed by atoms with Gasteiger partial charge in [0.2, 0.25) is 0 Å². The monoisotopic (exact) mass is 340 g/mol. The fourth-order valence-electron chi connectivity index (χ4n) is 1.70. The number of benzene rings is 1. The largest absolute Gasteiger partial charge is 0.506 e. The third kappa shape index (κ3) is 2.64. The second-order valence-electron chi connectivity index (χ2n) is 3.94. The van der Waals surface area contributed by atoms with Crippen LogP contribution >= 0.6 is 15.9 Å². The molecular formula is C12H9BrN2O5. The number of H-pyrrole nitrogens is 1. The van der Waals surface area contributed by atoms with Crippen molar-refractivity contribution in [3.05, 3.63) is 38.6 Å². The van der Waals surface area contributed by atoms with Crippen LogP contribution in [0.2, 0.25) is 0 Å². The zero-order valence-electron chi connectivity index (χ0n) is 9.94. The summed E-state index contributed by atoms with van der Waals surface area (Å²) in [5.74, 6) is -2.70. The number of carboxylic acid groups (broad SMARTS) is 1. The Labute approximate surface area is 120 Å². The normalized spacial score (nSPS) is 10.4. The Bertz CT molecular complexity index is 768. The molecule has 1 aromatic carbocycles. The van der Waals surface area contributed by atoms with Gasteiger partial charge >= 0.3 is 5.97 Å². The number of rotatable bonds is 3. The van der Waals surface area contributed by atoms with Crippen LogP contribution in [0.15, 0.2) is 27.5 Å². The maximum absolute atomic E-state index is 11.8. The number of carbonyl (C=O) groups excluding carboxylic acids is 1. The van der Waals surface area contributed by atoms with Crippen molar-refractivity contribution in [2.75, 3.05) is 6.54 Å². The predicted octanol–water partition coefficient (Wildman–Crippen LogP) is 0.811. The Morgan fingerprint density at radius 2 is 2.05 bits per heavy atom. The van der Waals surface area contributed by atoms with Gasteiger partial charge in [-0.1, -0.05) is 15.9 Å². The van der Waals surface area contributed by atoms with E-state index in [0.717, 1.165) is 0 Å². The minimum atomic E-state index is -1.25. The average molecular weight is 341 g/mol. The Balaban J connectivity index is 2.56. The molecule has 1 amide bonds. The maximum atomic E-state index is 11.8. The summed E-state index contributed by atoms with van der Waals surface area (Å²) in [7, 11) is 0. The number of amides is 1. The molecule has 0 spiro atoms. The summed E-state index contributed by atoms with van der Waals surface area (Å²) in [6.45, 7) is -0.645. The minimum Gasteiger partial charge on any atom is -0.506 e. The smallest absolute Gasteiger partial charge is 0.322 e. The summed E-state index contributed by atoms with van der Waals surface area (Å²) >= 11 is 3.22. The van der Waals surface area contributed by atoms with Crippen molar-refractivity contribution < 1.29 is 19.8 Å². The number of pyridine rings is 1. The molecule has 20 heavy (non-hydrogen) atoms. The van der Waals surface area contributed by atoms with E-state index in [4.69, 9.17) is 5.11 Å². The van der Waals surface area contributed by atoms with E-state index in [2.05, 4.69) is 20.9 Å². The fourth-order valence-corrected chi connectivity index (χ4v) is 2.06. The molecular weight excluding hydrogens is 332 g/mol. The van der Waals surface area contributed by atoms with Crippen LogP contribution < -0.4 is 10.9 Å². The van der Waals surface area contributed by atoms with Crippen molar-refractivity contribution in [1.82, 2.24) is 10.3 Å². The minimum absolute atomic E-state index is 0.277. The van der Waals surface area contributed by atoms with E-state index in [-0.39, 0.29) is 5.39 Å². The van der Waals surface area contributed by atoms with E-state index in [1.54, 1.807) is 12.1 Å². The molecule has 2 rings (SSSR count). The molecule has 0 bridgehead atoms. The van der Waals surface area contributed by atoms with E-state index in [0.29, 0.717) is 9.99 Å². The lowest BCUT2D eigenvalue weighted by atomic mass is 10.1. The molecule has 0 aliphatic rings. The van der Waals surface area contributed by atoms with Gasteiger partial charge < -0.3 is 20.5 Å². The zero-order chi connectivity index (χ0) is 14.9. The Morgan fingerprint density at radius 3 is 2.70 bits per heavy atom. The SMILES string of the molecule is O=C(O)CNC(=O)c1c(O)c2cc(Br)ccc2[nH]c1=O. The Morgan fingerprint density at radius 1 is 1.35 bits per heavy atom. The third-order valence-corrected chi connectivity index (χ3v) is 3.07. The number of aromatic nitrogens is 1. The standard InChI is InChI=1S/C12H9BrN2O5/c13-5-1-2-7-6(3-5)10(18)9(12(20)15-7)11(19)14-4-8(16)17/h1-3H,4H2,(H,14,19)(H,16,17)(H2,15,18,20). The molecule has 4 N–H and O–H groups in total. The summed E-state index contributed by atoms with van der Waals surface area (Å²) in [5, 5.41) is 20.8. The van der Waals surface area contributed by atoms with Gasteiger partial charge in [-0.15, -0.1) is 0 Å². The van der Waals surface area contributed by atoms with Gasteiger partial charge in [-0.2, -0.15) is 0 Å². The first kappa shape index (κ1) is 14.1. The van der Waals surface area contributed by atoms with Crippen LogP contribution in [-0.2, 0) is 4.79 Å². The van der Waals surface area contributed by atoms with Gasteiger partial charge in [0.25, 0.3) is 11.5 Å². The van der Waals surface area contributed by atoms with Crippen LogP contribution in [0.5, 0.6) is 5.75 Å². The van der Waals surface area contributed by atoms with E-state index in [9.17, 15) is 19.5 Å². The molecule has 0 saturated heterocycles. The molecule has 1 aromatic heterocycles. The van der Waals surface area contributed by atoms with Gasteiger partial charge in [0, 0.05) is 9.86 Å². The summed E-state index contributed by atoms with van der Waals surface area (Å²) in [6, 6.07) is 4.77. The average Bonchev–Trinajstić information content (AvgIpc) is 2.37. The number of hydrogen-bond donors (Lipinski definition) is 4. The first-order chi connectivity index (χ1) is 9.40. The van der Waals surface area contributed by atoms with Crippen LogP contribution in [0, 0.1) is 0 Å². The lowest BCUT2D eigenvalue weighted by molar-refractivity contribution is -0.135. The van der Waals surface area contributed by atoms with Gasteiger partial charge in [0.15, 0.2) is 0 Å². The molecule has 1 heterocycles. The number of carbonyl (C=O) groups is 2. The highest BCUT2D eigenvalue weighted by atomic mass is 79.9. The molecule has 104 valence electrons. The fraction of sp³-hybridized carbons (Fsp3) is 0.0833. The topological polar surface area (TPSA) is 119 Å². The number of halogens is 1. The molecule has 7 nitrogen and oxygen atoms in total. The van der Waals surface area contributed by atoms with E-state index < -0.39 is 35.3 Å². The summed E-state index contributed by atoms with van der Waals surface area (Å²) in [5.41, 5.74) is -0.942. The number of aliphatic carboxylic acids is 1. The van der Waals surface area contributed by atoms with Crippen LogP contribution in [0.4, 0.5) is 0 Å². The highest BCUT2D eigenvalue weighted by Crippen LogP contribution is 2.27. The molecule has 0 aliphatic heterocycles. The van der Waals surface area contributed by atoms with E-state index in [1.807, 2.05) is 5.32 Å². The second kappa shape index (κ2) is 5.33. The van der Waals surface area contributed by atoms with Gasteiger partial charge in [-0.3, -0.25) is 14.4 Å². The zero-order valence-corrected chi connectivity index (χ0v) is 11.5. The molecule has 0 aliphatic carbocycles. The first-order valence-electron chi connectivity index (χ1n) is 5.44. The van der Waals surface area contributed by atoms with Gasteiger partial charge in [0.1, 0.15) is 17.9 Å². The van der Waals surface area contributed by atoms with Crippen LogP contribution in [0.25, 0.3) is 10.9 Å². The van der Waals surface area contributed by atoms with Crippen molar-refractivity contribution in [1.29, 1.82) is 0 Å². The second-order valence-corrected chi connectivity index (χ2v) is 4.86. The first-order valence-corrected chi connectivity index (χ1v) is 6.24. The number of nitrogens with one attached hydrogen (secondary N) is 2. The molecule has 8 heteroatoms. The van der Waals surface area contributed by atoms with Crippen LogP contribution in [0.1, 0.15) is 10.4 Å². The van der Waals surface area contributed by atoms with Crippen LogP contribution in [-0.4, -0.2) is 33.6 Å². The van der Waals surface area contributed by atoms with Crippen molar-refractivity contribution in [3.63, 3.8) is 0 Å². The molecule has 0 fully saturated rings. The van der Waals surface area contributed by atoms with Crippen molar-refractivity contribution in [2.45, 2.75) is 0 Å². The quantitative estimate of drug-likeness (QED) is 0.659. The summed E-state index contributed by atoms with van der Waals surface area (Å²) in [6.07, 6.45) is 0. The molecule has 0 atom stereocenters. The maximum Gasteiger partial charge on any atom is 0.322 e. The van der Waals surface area contributed by atoms with Gasteiger partial charge in [-0.05, 0) is 18.2 Å². The van der Waals surface area contributed by atoms with Crippen molar-refractivity contribution >= 4 is 38.7 Å². The Kier molecular flexibility index (Phi) is 3.75. The van der Waals surface area contributed by atoms with Crippen molar-refractivity contribution in [2.24, 2.45) is 0 Å². The predicted molar refractivity (Wildman–Crippen MR) is 73.9 cm³/mol. The van der Waals surface area contributed by atoms with E-state index >= 15 is 0 Å². The summed E-state index contributed by atoms with van der Waals surface area (Å²) in [4.78, 5) is 36.4. The molecule has 0 unspecified atom stereocenters. The molecule has 0 saturated carbocycles. The van der Waals surface area contributed by atoms with Gasteiger partial charge in [-0.25, -0.2) is 0 Å². The van der Waals surface area contributed by atoms with E-state index in [1.165, 1.54) is 6.07 Å². The summed E-state index contributed by atoms with van der Waals surface area (Å²) < 4.78 is 0.657. The number of fused-ring (bicyclic) bond motifs is 1. The highest BCUT2D eigenvalue weighted by molar-refractivity contribution is 9.10. The Hall–Kier alpha value is -2.35. The number of carboxylic acids is 1. The number of aromatic hydroxyl groups is 1. The third-order valence-electron chi connectivity index (χ3n) is 2.58. The van der Waals surface area contributed by atoms with Crippen molar-refractivity contribution in [3.8, 4) is 5.75 Å². The molecule has 2 aromatic rings. The van der Waals surface area contributed by atoms with Gasteiger partial charge in [0.05, 0.1) is 5.52 Å². The van der Waals surface area contributed by atoms with Crippen LogP contribution in [0.3, 0.4) is 0 Å². The highest BCUT2D eigenvalue weighted by Gasteiger charge is 2.19. The number of hydrogen-bond acceptors (Lipinski definition) is 4.